The van der Waals surface area contributed by atoms with E-state index in [4.69, 9.17) is 0 Å². The van der Waals surface area contributed by atoms with Gasteiger partial charge in [0.05, 0.1) is 10.2 Å². The normalized spacial score (nSPS) is 10.8. The smallest absolute Gasteiger partial charge is 0.277 e. The molecule has 1 heterocycles. The molecule has 100 valence electrons. The fraction of sp³-hybridized carbons (Fsp3) is 0.231. The molecule has 2 rings (SSSR count). The standard InChI is InChI=1S/C13H13Br2N3O/c1-7(2)11-10(15)12(18-17-11)13(19)16-9-5-3-8(14)4-6-9/h3-7H,1-2H3,(H,16,19)(H,17,18). The van der Waals surface area contributed by atoms with Gasteiger partial charge in [-0.1, -0.05) is 29.8 Å². The summed E-state index contributed by atoms with van der Waals surface area (Å²) < 4.78 is 1.69. The number of carbonyl (C=O) groups excluding carboxylic acids is 1. The molecule has 0 saturated carbocycles. The Hall–Kier alpha value is -1.14. The molecule has 2 aromatic rings. The molecule has 0 atom stereocenters. The van der Waals surface area contributed by atoms with Gasteiger partial charge < -0.3 is 5.32 Å². The molecule has 0 saturated heterocycles. The summed E-state index contributed by atoms with van der Waals surface area (Å²) in [6.07, 6.45) is 0. The number of aromatic amines is 1. The van der Waals surface area contributed by atoms with Crippen LogP contribution in [-0.2, 0) is 0 Å². The number of carbonyl (C=O) groups is 1. The van der Waals surface area contributed by atoms with Crippen LogP contribution in [0, 0.1) is 0 Å². The highest BCUT2D eigenvalue weighted by atomic mass is 79.9. The Kier molecular flexibility index (Phi) is 4.42. The maximum absolute atomic E-state index is 12.1. The summed E-state index contributed by atoms with van der Waals surface area (Å²) in [5, 5.41) is 9.75. The summed E-state index contributed by atoms with van der Waals surface area (Å²) in [5.74, 6) is 0.0356. The summed E-state index contributed by atoms with van der Waals surface area (Å²) in [6, 6.07) is 7.39. The number of nitrogens with zero attached hydrogens (tertiary/aromatic N) is 1. The second-order valence-corrected chi connectivity index (χ2v) is 6.12. The predicted molar refractivity (Wildman–Crippen MR) is 82.5 cm³/mol. The topological polar surface area (TPSA) is 57.8 Å². The third kappa shape index (κ3) is 3.25. The van der Waals surface area contributed by atoms with E-state index in [-0.39, 0.29) is 11.8 Å². The monoisotopic (exact) mass is 385 g/mol. The fourth-order valence-corrected chi connectivity index (χ4v) is 2.68. The Morgan fingerprint density at radius 2 is 1.89 bits per heavy atom. The van der Waals surface area contributed by atoms with E-state index in [9.17, 15) is 4.79 Å². The molecule has 6 heteroatoms. The van der Waals surface area contributed by atoms with Crippen LogP contribution in [0.25, 0.3) is 0 Å². The molecule has 0 fully saturated rings. The van der Waals surface area contributed by atoms with Gasteiger partial charge in [-0.2, -0.15) is 5.10 Å². The molecule has 1 amide bonds. The lowest BCUT2D eigenvalue weighted by atomic mass is 10.1. The van der Waals surface area contributed by atoms with Gasteiger partial charge in [-0.3, -0.25) is 9.89 Å². The van der Waals surface area contributed by atoms with E-state index < -0.39 is 0 Å². The first kappa shape index (κ1) is 14.3. The van der Waals surface area contributed by atoms with E-state index in [0.717, 1.165) is 20.3 Å². The van der Waals surface area contributed by atoms with Crippen molar-refractivity contribution < 1.29 is 4.79 Å². The summed E-state index contributed by atoms with van der Waals surface area (Å²) in [7, 11) is 0. The highest BCUT2D eigenvalue weighted by Gasteiger charge is 2.19. The second-order valence-electron chi connectivity index (χ2n) is 4.42. The number of amides is 1. The maximum Gasteiger partial charge on any atom is 0.277 e. The first-order valence-electron chi connectivity index (χ1n) is 5.79. The van der Waals surface area contributed by atoms with E-state index >= 15 is 0 Å². The zero-order chi connectivity index (χ0) is 14.0. The number of nitrogens with one attached hydrogen (secondary N) is 2. The fourth-order valence-electron chi connectivity index (χ4n) is 1.60. The van der Waals surface area contributed by atoms with Crippen LogP contribution in [0.4, 0.5) is 5.69 Å². The van der Waals surface area contributed by atoms with Crippen molar-refractivity contribution in [3.63, 3.8) is 0 Å². The van der Waals surface area contributed by atoms with Crippen molar-refractivity contribution in [3.05, 3.63) is 44.6 Å². The van der Waals surface area contributed by atoms with Crippen molar-refractivity contribution in [2.24, 2.45) is 0 Å². The minimum Gasteiger partial charge on any atom is -0.321 e. The minimum atomic E-state index is -0.239. The predicted octanol–water partition coefficient (Wildman–Crippen LogP) is 4.31. The zero-order valence-electron chi connectivity index (χ0n) is 10.5. The van der Waals surface area contributed by atoms with Crippen LogP contribution in [-0.4, -0.2) is 16.1 Å². The van der Waals surface area contributed by atoms with Crippen LogP contribution in [0.5, 0.6) is 0 Å². The molecule has 19 heavy (non-hydrogen) atoms. The van der Waals surface area contributed by atoms with Crippen LogP contribution in [0.2, 0.25) is 0 Å². The zero-order valence-corrected chi connectivity index (χ0v) is 13.7. The molecule has 2 N–H and O–H groups in total. The molecule has 0 radical (unpaired) electrons. The first-order valence-corrected chi connectivity index (χ1v) is 7.38. The van der Waals surface area contributed by atoms with Crippen LogP contribution in [0.15, 0.2) is 33.2 Å². The first-order chi connectivity index (χ1) is 8.99. The lowest BCUT2D eigenvalue weighted by molar-refractivity contribution is 0.102. The maximum atomic E-state index is 12.1. The van der Waals surface area contributed by atoms with Gasteiger partial charge in [0.1, 0.15) is 0 Å². The highest BCUT2D eigenvalue weighted by Crippen LogP contribution is 2.26. The van der Waals surface area contributed by atoms with Crippen molar-refractivity contribution in [2.75, 3.05) is 5.32 Å². The molecule has 0 unspecified atom stereocenters. The van der Waals surface area contributed by atoms with Gasteiger partial charge in [0.15, 0.2) is 5.69 Å². The second kappa shape index (κ2) is 5.88. The molecular formula is C13H13Br2N3O. The summed E-state index contributed by atoms with van der Waals surface area (Å²) in [6.45, 7) is 4.07. The van der Waals surface area contributed by atoms with E-state index in [1.54, 1.807) is 0 Å². The molecule has 1 aromatic carbocycles. The van der Waals surface area contributed by atoms with Crippen molar-refractivity contribution in [2.45, 2.75) is 19.8 Å². The molecule has 0 spiro atoms. The van der Waals surface area contributed by atoms with Crippen LogP contribution < -0.4 is 5.32 Å². The summed E-state index contributed by atoms with van der Waals surface area (Å²) in [4.78, 5) is 12.1. The SMILES string of the molecule is CC(C)c1[nH]nc(C(=O)Nc2ccc(Br)cc2)c1Br. The summed E-state index contributed by atoms with van der Waals surface area (Å²) >= 11 is 6.77. The lowest BCUT2D eigenvalue weighted by Crippen LogP contribution is -2.13. The quantitative estimate of drug-likeness (QED) is 0.825. The average Bonchev–Trinajstić information content (AvgIpc) is 2.74. The largest absolute Gasteiger partial charge is 0.321 e. The van der Waals surface area contributed by atoms with Gasteiger partial charge in [-0.05, 0) is 46.1 Å². The van der Waals surface area contributed by atoms with E-state index in [1.807, 2.05) is 38.1 Å². The number of H-pyrrole nitrogens is 1. The van der Waals surface area contributed by atoms with Gasteiger partial charge in [0.2, 0.25) is 0 Å². The number of benzene rings is 1. The average molecular weight is 387 g/mol. The number of hydrogen-bond acceptors (Lipinski definition) is 2. The highest BCUT2D eigenvalue weighted by molar-refractivity contribution is 9.10. The summed E-state index contributed by atoms with van der Waals surface area (Å²) in [5.41, 5.74) is 2.02. The molecular weight excluding hydrogens is 374 g/mol. The van der Waals surface area contributed by atoms with Gasteiger partial charge in [-0.15, -0.1) is 0 Å². The van der Waals surface area contributed by atoms with Crippen LogP contribution >= 0.6 is 31.9 Å². The van der Waals surface area contributed by atoms with Crippen molar-refractivity contribution in [1.29, 1.82) is 0 Å². The number of halogens is 2. The third-order valence-corrected chi connectivity index (χ3v) is 3.96. The van der Waals surface area contributed by atoms with Crippen LogP contribution in [0.3, 0.4) is 0 Å². The van der Waals surface area contributed by atoms with Crippen molar-refractivity contribution in [1.82, 2.24) is 10.2 Å². The Labute approximate surface area is 128 Å². The molecule has 4 nitrogen and oxygen atoms in total. The van der Waals surface area contributed by atoms with Gasteiger partial charge in [-0.25, -0.2) is 0 Å². The van der Waals surface area contributed by atoms with E-state index in [1.165, 1.54) is 0 Å². The molecule has 1 aromatic heterocycles. The minimum absolute atomic E-state index is 0.239. The Bertz CT molecular complexity index is 590. The van der Waals surface area contributed by atoms with Gasteiger partial charge in [0, 0.05) is 10.2 Å². The van der Waals surface area contributed by atoms with E-state index in [0.29, 0.717) is 5.69 Å². The number of aromatic nitrogens is 2. The van der Waals surface area contributed by atoms with Gasteiger partial charge in [0.25, 0.3) is 5.91 Å². The molecule has 0 bridgehead atoms. The molecule has 0 aliphatic rings. The third-order valence-electron chi connectivity index (χ3n) is 2.63. The van der Waals surface area contributed by atoms with Crippen LogP contribution in [0.1, 0.15) is 35.9 Å². The Morgan fingerprint density at radius 3 is 2.42 bits per heavy atom. The Morgan fingerprint density at radius 1 is 1.26 bits per heavy atom. The van der Waals surface area contributed by atoms with E-state index in [2.05, 4.69) is 47.4 Å². The number of hydrogen-bond donors (Lipinski definition) is 2. The van der Waals surface area contributed by atoms with Crippen molar-refractivity contribution in [3.8, 4) is 0 Å². The lowest BCUT2D eigenvalue weighted by Gasteiger charge is -2.04. The number of anilines is 1. The van der Waals surface area contributed by atoms with Crippen molar-refractivity contribution >= 4 is 43.5 Å². The molecule has 0 aliphatic heterocycles. The van der Waals surface area contributed by atoms with Gasteiger partial charge >= 0.3 is 0 Å². The molecule has 0 aliphatic carbocycles. The Balaban J connectivity index is 2.18. The number of rotatable bonds is 3.